The van der Waals surface area contributed by atoms with Crippen LogP contribution in [-0.4, -0.2) is 56.1 Å². The molecule has 1 N–H and O–H groups in total. The molecule has 1 saturated heterocycles. The van der Waals surface area contributed by atoms with Crippen LogP contribution in [0.4, 0.5) is 5.69 Å². The number of carbonyl (C=O) groups is 1. The van der Waals surface area contributed by atoms with E-state index >= 15 is 0 Å². The van der Waals surface area contributed by atoms with Crippen molar-refractivity contribution in [1.82, 2.24) is 9.88 Å². The molecule has 0 bridgehead atoms. The zero-order chi connectivity index (χ0) is 26.9. The number of hydrogen-bond donors (Lipinski definition) is 1. The van der Waals surface area contributed by atoms with E-state index in [0.717, 1.165) is 86.4 Å². The Morgan fingerprint density at radius 1 is 1.00 bits per heavy atom. The van der Waals surface area contributed by atoms with Crippen LogP contribution in [0.5, 0.6) is 11.5 Å². The first-order valence-corrected chi connectivity index (χ1v) is 14.8. The van der Waals surface area contributed by atoms with Gasteiger partial charge >= 0.3 is 0 Å². The van der Waals surface area contributed by atoms with E-state index < -0.39 is 0 Å². The van der Waals surface area contributed by atoms with Crippen LogP contribution < -0.4 is 14.8 Å². The topological polar surface area (TPSA) is 63.7 Å². The van der Waals surface area contributed by atoms with Gasteiger partial charge in [-0.25, -0.2) is 0 Å². The Bertz CT molecular complexity index is 1400. The number of likely N-dealkylation sites (tertiary alicyclic amines) is 1. The number of anilines is 1. The van der Waals surface area contributed by atoms with Crippen LogP contribution in [0.3, 0.4) is 0 Å². The van der Waals surface area contributed by atoms with Gasteiger partial charge in [0.05, 0.1) is 19.7 Å². The molecule has 2 heterocycles. The molecule has 3 aromatic rings. The van der Waals surface area contributed by atoms with E-state index in [1.54, 1.807) is 14.2 Å². The maximum absolute atomic E-state index is 13.2. The predicted octanol–water partition coefficient (Wildman–Crippen LogP) is 7.62. The first-order valence-electron chi connectivity index (χ1n) is 14.4. The smallest absolute Gasteiger partial charge is 0.166 e. The summed E-state index contributed by atoms with van der Waals surface area (Å²) in [4.78, 5) is 20.7. The molecule has 1 unspecified atom stereocenters. The van der Waals surface area contributed by atoms with Gasteiger partial charge in [0.2, 0.25) is 0 Å². The van der Waals surface area contributed by atoms with Gasteiger partial charge in [0.25, 0.3) is 0 Å². The minimum atomic E-state index is 0. The number of nitrogens with zero attached hydrogens (tertiary/aromatic N) is 2. The van der Waals surface area contributed by atoms with Gasteiger partial charge in [0.15, 0.2) is 17.3 Å². The van der Waals surface area contributed by atoms with Crippen molar-refractivity contribution >= 4 is 71.2 Å². The van der Waals surface area contributed by atoms with Crippen molar-refractivity contribution < 1.29 is 14.3 Å². The number of halogens is 4. The molecule has 0 spiro atoms. The standard InChI is InChI=1S/C32H38ClN3O3.3ClH/c1-38-29-17-21-16-22(32(37)26(21)19-30(29)39-2)15-20-9-12-36(13-10-20)14-11-34-31-24-5-3-4-6-27(24)35-28-18-23(33)7-8-25(28)31;;;/h7-8,17-20,22H,3-6,9-16H2,1-2H3,(H,34,35);3*1H. The van der Waals surface area contributed by atoms with Crippen LogP contribution in [0.15, 0.2) is 30.3 Å². The Morgan fingerprint density at radius 3 is 2.45 bits per heavy atom. The van der Waals surface area contributed by atoms with E-state index in [1.165, 1.54) is 35.2 Å². The lowest BCUT2D eigenvalue weighted by molar-refractivity contribution is 0.0898. The molecule has 0 radical (unpaired) electrons. The molecule has 0 amide bonds. The number of ether oxygens (including phenoxy) is 2. The minimum absolute atomic E-state index is 0. The SMILES string of the molecule is COc1cc2c(cc1OC)C(=O)C(CC1CCN(CCNc3c4c(nc5cc(Cl)ccc35)CCCC4)CC1)C2.Cl.Cl.Cl. The zero-order valence-electron chi connectivity index (χ0n) is 24.2. The molecule has 1 aromatic heterocycles. The number of aryl methyl sites for hydroxylation is 1. The van der Waals surface area contributed by atoms with Gasteiger partial charge in [-0.05, 0) is 112 Å². The van der Waals surface area contributed by atoms with Gasteiger partial charge in [-0.3, -0.25) is 9.78 Å². The summed E-state index contributed by atoms with van der Waals surface area (Å²) in [6.45, 7) is 4.12. The van der Waals surface area contributed by atoms with Crippen LogP contribution in [0.1, 0.15) is 59.3 Å². The fraction of sp³-hybridized carbons (Fsp3) is 0.500. The fourth-order valence-corrected chi connectivity index (χ4v) is 7.04. The Hall–Kier alpha value is -1.96. The van der Waals surface area contributed by atoms with Crippen LogP contribution in [0.2, 0.25) is 5.02 Å². The van der Waals surface area contributed by atoms with E-state index in [1.807, 2.05) is 24.3 Å². The molecular formula is C32H41Cl4N3O3. The second-order valence-electron chi connectivity index (χ2n) is 11.4. The normalized spacial score (nSPS) is 18.3. The fourth-order valence-electron chi connectivity index (χ4n) is 6.88. The number of benzene rings is 2. The summed E-state index contributed by atoms with van der Waals surface area (Å²) in [5, 5.41) is 5.71. The van der Waals surface area contributed by atoms with Crippen LogP contribution in [-0.2, 0) is 19.3 Å². The molecule has 6 nitrogen and oxygen atoms in total. The molecule has 1 fully saturated rings. The largest absolute Gasteiger partial charge is 0.493 e. The number of piperidine rings is 1. The van der Waals surface area contributed by atoms with Crippen molar-refractivity contribution in [2.24, 2.45) is 11.8 Å². The second-order valence-corrected chi connectivity index (χ2v) is 11.8. The Kier molecular flexibility index (Phi) is 12.5. The third kappa shape index (κ3) is 7.05. The quantitative estimate of drug-likeness (QED) is 0.269. The lowest BCUT2D eigenvalue weighted by Gasteiger charge is -2.33. The summed E-state index contributed by atoms with van der Waals surface area (Å²) in [7, 11) is 3.26. The van der Waals surface area contributed by atoms with E-state index in [-0.39, 0.29) is 48.9 Å². The number of aromatic nitrogens is 1. The Labute approximate surface area is 272 Å². The summed E-state index contributed by atoms with van der Waals surface area (Å²) in [5.41, 5.74) is 6.79. The lowest BCUT2D eigenvalue weighted by Crippen LogP contribution is -2.37. The second kappa shape index (κ2) is 15.2. The average Bonchev–Trinajstić information content (AvgIpc) is 3.26. The third-order valence-corrected chi connectivity index (χ3v) is 9.23. The number of pyridine rings is 1. The molecule has 42 heavy (non-hydrogen) atoms. The van der Waals surface area contributed by atoms with Crippen molar-refractivity contribution in [3.8, 4) is 11.5 Å². The number of carbonyl (C=O) groups excluding carboxylic acids is 1. The van der Waals surface area contributed by atoms with Crippen molar-refractivity contribution in [1.29, 1.82) is 0 Å². The highest BCUT2D eigenvalue weighted by atomic mass is 35.5. The van der Waals surface area contributed by atoms with Gasteiger partial charge in [-0.15, -0.1) is 37.2 Å². The lowest BCUT2D eigenvalue weighted by atomic mass is 9.85. The molecule has 2 aliphatic carbocycles. The maximum atomic E-state index is 13.2. The third-order valence-electron chi connectivity index (χ3n) is 8.99. The van der Waals surface area contributed by atoms with Gasteiger partial charge in [-0.1, -0.05) is 11.6 Å². The molecule has 2 aromatic carbocycles. The van der Waals surface area contributed by atoms with Gasteiger partial charge in [0, 0.05) is 46.4 Å². The summed E-state index contributed by atoms with van der Waals surface area (Å²) < 4.78 is 10.9. The molecule has 6 rings (SSSR count). The zero-order valence-corrected chi connectivity index (χ0v) is 27.5. The average molecular weight is 658 g/mol. The van der Waals surface area contributed by atoms with E-state index in [0.29, 0.717) is 17.4 Å². The molecule has 3 aliphatic rings. The number of fused-ring (bicyclic) bond motifs is 3. The number of nitrogens with one attached hydrogen (secondary N) is 1. The first kappa shape index (κ1) is 34.5. The predicted molar refractivity (Wildman–Crippen MR) is 178 cm³/mol. The van der Waals surface area contributed by atoms with Crippen molar-refractivity contribution in [3.05, 3.63) is 57.7 Å². The van der Waals surface area contributed by atoms with Crippen molar-refractivity contribution in [2.45, 2.75) is 51.4 Å². The van der Waals surface area contributed by atoms with Crippen LogP contribution in [0, 0.1) is 11.8 Å². The summed E-state index contributed by atoms with van der Waals surface area (Å²) in [6.07, 6.45) is 8.67. The number of Topliss-reactive ketones (excluding diaryl/α,β-unsaturated/α-hetero) is 1. The Balaban J connectivity index is 0.00000161. The van der Waals surface area contributed by atoms with Crippen LogP contribution in [0.25, 0.3) is 10.9 Å². The molecule has 0 saturated carbocycles. The molecule has 1 atom stereocenters. The van der Waals surface area contributed by atoms with E-state index in [2.05, 4.69) is 16.3 Å². The number of hydrogen-bond acceptors (Lipinski definition) is 6. The number of methoxy groups -OCH3 is 2. The maximum Gasteiger partial charge on any atom is 0.166 e. The minimum Gasteiger partial charge on any atom is -0.493 e. The number of rotatable bonds is 8. The summed E-state index contributed by atoms with van der Waals surface area (Å²) in [5.74, 6) is 2.29. The van der Waals surface area contributed by atoms with Crippen molar-refractivity contribution in [2.75, 3.05) is 45.7 Å². The highest BCUT2D eigenvalue weighted by Crippen LogP contribution is 2.40. The molecular weight excluding hydrogens is 616 g/mol. The van der Waals surface area contributed by atoms with Crippen molar-refractivity contribution in [3.63, 3.8) is 0 Å². The molecule has 10 heteroatoms. The molecule has 1 aliphatic heterocycles. The number of ketones is 1. The Morgan fingerprint density at radius 2 is 1.71 bits per heavy atom. The summed E-state index contributed by atoms with van der Waals surface area (Å²) >= 11 is 6.29. The van der Waals surface area contributed by atoms with Gasteiger partial charge in [0.1, 0.15) is 0 Å². The first-order chi connectivity index (χ1) is 19.0. The van der Waals surface area contributed by atoms with Crippen LogP contribution >= 0.6 is 48.8 Å². The summed E-state index contributed by atoms with van der Waals surface area (Å²) in [6, 6.07) is 9.92. The van der Waals surface area contributed by atoms with Gasteiger partial charge < -0.3 is 19.7 Å². The highest BCUT2D eigenvalue weighted by molar-refractivity contribution is 6.31. The van der Waals surface area contributed by atoms with E-state index in [4.69, 9.17) is 26.1 Å². The monoisotopic (exact) mass is 655 g/mol. The van der Waals surface area contributed by atoms with Gasteiger partial charge in [-0.2, -0.15) is 0 Å². The molecule has 230 valence electrons. The van der Waals surface area contributed by atoms with E-state index in [9.17, 15) is 4.79 Å². The highest BCUT2D eigenvalue weighted by Gasteiger charge is 2.34.